The van der Waals surface area contributed by atoms with Crippen molar-refractivity contribution in [2.45, 2.75) is 18.6 Å². The van der Waals surface area contributed by atoms with Gasteiger partial charge in [-0.25, -0.2) is 9.18 Å². The monoisotopic (exact) mass is 303 g/mol. The lowest BCUT2D eigenvalue weighted by Gasteiger charge is -2.21. The smallest absolute Gasteiger partial charge is 0.407 e. The van der Waals surface area contributed by atoms with E-state index in [1.54, 1.807) is 6.07 Å². The highest BCUT2D eigenvalue weighted by molar-refractivity contribution is 9.10. The van der Waals surface area contributed by atoms with Crippen LogP contribution in [0, 0.1) is 5.82 Å². The second-order valence-electron chi connectivity index (χ2n) is 4.01. The van der Waals surface area contributed by atoms with Crippen molar-refractivity contribution in [3.8, 4) is 0 Å². The highest BCUT2D eigenvalue weighted by Gasteiger charge is 2.35. The second-order valence-corrected chi connectivity index (χ2v) is 4.87. The van der Waals surface area contributed by atoms with Crippen LogP contribution in [0.25, 0.3) is 0 Å². The third-order valence-corrected chi connectivity index (χ3v) is 3.50. The summed E-state index contributed by atoms with van der Waals surface area (Å²) in [5.74, 6) is -0.436. The Morgan fingerprint density at radius 3 is 2.82 bits per heavy atom. The molecule has 92 valence electrons. The summed E-state index contributed by atoms with van der Waals surface area (Å²) in [5.41, 5.74) is 0.560. The molecule has 0 unspecified atom stereocenters. The Labute approximate surface area is 106 Å². The van der Waals surface area contributed by atoms with E-state index in [-0.39, 0.29) is 6.54 Å². The SMILES string of the molecule is O=C(O)N1C[C@H](O)C[C@@H]1c1ccc(Br)c(F)c1. The molecular weight excluding hydrogens is 293 g/mol. The van der Waals surface area contributed by atoms with Crippen LogP contribution in [-0.4, -0.2) is 33.9 Å². The van der Waals surface area contributed by atoms with Crippen LogP contribution in [0.5, 0.6) is 0 Å². The van der Waals surface area contributed by atoms with E-state index in [4.69, 9.17) is 5.11 Å². The van der Waals surface area contributed by atoms with Crippen LogP contribution in [0.3, 0.4) is 0 Å². The van der Waals surface area contributed by atoms with Crippen LogP contribution in [-0.2, 0) is 0 Å². The number of amides is 1. The van der Waals surface area contributed by atoms with Gasteiger partial charge in [-0.1, -0.05) is 6.07 Å². The lowest BCUT2D eigenvalue weighted by atomic mass is 10.0. The van der Waals surface area contributed by atoms with Crippen molar-refractivity contribution in [1.29, 1.82) is 0 Å². The number of benzene rings is 1. The number of carboxylic acid groups (broad SMARTS) is 1. The first-order valence-corrected chi connectivity index (χ1v) is 5.91. The average Bonchev–Trinajstić information content (AvgIpc) is 2.64. The van der Waals surface area contributed by atoms with Crippen molar-refractivity contribution < 1.29 is 19.4 Å². The van der Waals surface area contributed by atoms with Gasteiger partial charge in [-0.05, 0) is 40.0 Å². The minimum absolute atomic E-state index is 0.0671. The van der Waals surface area contributed by atoms with Crippen molar-refractivity contribution in [3.63, 3.8) is 0 Å². The number of β-amino-alcohol motifs (C(OH)–C–C–N with tert-alkyl or cyclic N) is 1. The number of nitrogens with zero attached hydrogens (tertiary/aromatic N) is 1. The van der Waals surface area contributed by atoms with E-state index >= 15 is 0 Å². The van der Waals surface area contributed by atoms with Gasteiger partial charge in [0.2, 0.25) is 0 Å². The molecule has 0 radical (unpaired) electrons. The molecule has 1 aliphatic rings. The van der Waals surface area contributed by atoms with E-state index in [9.17, 15) is 14.3 Å². The molecule has 1 amide bonds. The van der Waals surface area contributed by atoms with Crippen LogP contribution in [0.4, 0.5) is 9.18 Å². The fourth-order valence-corrected chi connectivity index (χ4v) is 2.31. The topological polar surface area (TPSA) is 60.8 Å². The van der Waals surface area contributed by atoms with Gasteiger partial charge in [0, 0.05) is 0 Å². The maximum absolute atomic E-state index is 13.4. The minimum atomic E-state index is -1.10. The number of carbonyl (C=O) groups is 1. The Hall–Kier alpha value is -1.14. The molecule has 0 aromatic heterocycles. The minimum Gasteiger partial charge on any atom is -0.465 e. The van der Waals surface area contributed by atoms with Gasteiger partial charge in [-0.2, -0.15) is 0 Å². The van der Waals surface area contributed by atoms with Crippen molar-refractivity contribution in [1.82, 2.24) is 4.90 Å². The number of hydrogen-bond donors (Lipinski definition) is 2. The van der Waals surface area contributed by atoms with Crippen LogP contribution in [0.1, 0.15) is 18.0 Å². The van der Waals surface area contributed by atoms with E-state index in [0.29, 0.717) is 16.5 Å². The molecule has 1 aromatic rings. The van der Waals surface area contributed by atoms with Crippen molar-refractivity contribution in [2.24, 2.45) is 0 Å². The standard InChI is InChI=1S/C11H11BrFNO3/c12-8-2-1-6(3-9(8)13)10-4-7(15)5-14(10)11(16)17/h1-3,7,10,15H,4-5H2,(H,16,17)/t7-,10-/m1/s1. The van der Waals surface area contributed by atoms with E-state index in [2.05, 4.69) is 15.9 Å². The second kappa shape index (κ2) is 4.62. The normalized spacial score (nSPS) is 24.1. The molecule has 1 heterocycles. The third-order valence-electron chi connectivity index (χ3n) is 2.85. The van der Waals surface area contributed by atoms with Crippen LogP contribution < -0.4 is 0 Å². The summed E-state index contributed by atoms with van der Waals surface area (Å²) < 4.78 is 13.7. The lowest BCUT2D eigenvalue weighted by molar-refractivity contribution is 0.131. The van der Waals surface area contributed by atoms with E-state index in [1.807, 2.05) is 0 Å². The van der Waals surface area contributed by atoms with E-state index in [0.717, 1.165) is 4.90 Å². The molecule has 0 bridgehead atoms. The molecule has 6 heteroatoms. The molecule has 2 N–H and O–H groups in total. The molecule has 1 aromatic carbocycles. The first kappa shape index (κ1) is 12.3. The maximum Gasteiger partial charge on any atom is 0.407 e. The molecule has 1 saturated heterocycles. The lowest BCUT2D eigenvalue weighted by Crippen LogP contribution is -2.30. The number of hydrogen-bond acceptors (Lipinski definition) is 2. The van der Waals surface area contributed by atoms with Gasteiger partial charge in [-0.3, -0.25) is 4.90 Å². The maximum atomic E-state index is 13.4. The van der Waals surface area contributed by atoms with E-state index in [1.165, 1.54) is 12.1 Å². The Kier molecular flexibility index (Phi) is 3.35. The first-order valence-electron chi connectivity index (χ1n) is 5.11. The summed E-state index contributed by atoms with van der Waals surface area (Å²) in [6.45, 7) is 0.0671. The molecule has 0 spiro atoms. The molecule has 2 rings (SSSR count). The molecule has 1 aliphatic heterocycles. The Morgan fingerprint density at radius 1 is 1.53 bits per heavy atom. The summed E-state index contributed by atoms with van der Waals surface area (Å²) in [4.78, 5) is 12.1. The largest absolute Gasteiger partial charge is 0.465 e. The molecule has 4 nitrogen and oxygen atoms in total. The average molecular weight is 304 g/mol. The van der Waals surface area contributed by atoms with Crippen molar-refractivity contribution in [3.05, 3.63) is 34.1 Å². The van der Waals surface area contributed by atoms with E-state index < -0.39 is 24.1 Å². The fourth-order valence-electron chi connectivity index (χ4n) is 2.06. The third kappa shape index (κ3) is 2.42. The first-order chi connectivity index (χ1) is 7.99. The summed E-state index contributed by atoms with van der Waals surface area (Å²) in [5, 5.41) is 18.5. The number of aliphatic hydroxyl groups excluding tert-OH is 1. The zero-order chi connectivity index (χ0) is 12.6. The van der Waals surface area contributed by atoms with Gasteiger partial charge in [0.05, 0.1) is 23.2 Å². The molecule has 1 fully saturated rings. The molecule has 0 saturated carbocycles. The molecule has 0 aliphatic carbocycles. The summed E-state index contributed by atoms with van der Waals surface area (Å²) >= 11 is 3.04. The van der Waals surface area contributed by atoms with Crippen molar-refractivity contribution >= 4 is 22.0 Å². The van der Waals surface area contributed by atoms with Gasteiger partial charge in [-0.15, -0.1) is 0 Å². The van der Waals surface area contributed by atoms with Gasteiger partial charge in [0.25, 0.3) is 0 Å². The summed E-state index contributed by atoms with van der Waals surface area (Å²) in [6, 6.07) is 4.01. The summed E-state index contributed by atoms with van der Waals surface area (Å²) in [7, 11) is 0. The van der Waals surface area contributed by atoms with Crippen LogP contribution >= 0.6 is 15.9 Å². The predicted molar refractivity (Wildman–Crippen MR) is 62.2 cm³/mol. The van der Waals surface area contributed by atoms with Crippen LogP contribution in [0.15, 0.2) is 22.7 Å². The number of halogens is 2. The summed E-state index contributed by atoms with van der Waals surface area (Å²) in [6.07, 6.45) is -1.49. The number of likely N-dealkylation sites (tertiary alicyclic amines) is 1. The predicted octanol–water partition coefficient (Wildman–Crippen LogP) is 2.37. The Balaban J connectivity index is 2.31. The zero-order valence-corrected chi connectivity index (χ0v) is 10.4. The number of aliphatic hydroxyl groups is 1. The highest BCUT2D eigenvalue weighted by Crippen LogP contribution is 2.33. The molecule has 2 atom stereocenters. The zero-order valence-electron chi connectivity index (χ0n) is 8.81. The Bertz CT molecular complexity index is 454. The van der Waals surface area contributed by atoms with Crippen molar-refractivity contribution in [2.75, 3.05) is 6.54 Å². The molecular formula is C11H11BrFNO3. The fraction of sp³-hybridized carbons (Fsp3) is 0.364. The van der Waals surface area contributed by atoms with Crippen LogP contribution in [0.2, 0.25) is 0 Å². The van der Waals surface area contributed by atoms with Gasteiger partial charge < -0.3 is 10.2 Å². The quantitative estimate of drug-likeness (QED) is 0.837. The molecule has 17 heavy (non-hydrogen) atoms. The highest BCUT2D eigenvalue weighted by atomic mass is 79.9. The van der Waals surface area contributed by atoms with Gasteiger partial charge in [0.1, 0.15) is 5.82 Å². The van der Waals surface area contributed by atoms with Gasteiger partial charge in [0.15, 0.2) is 0 Å². The Morgan fingerprint density at radius 2 is 2.24 bits per heavy atom. The number of rotatable bonds is 1. The van der Waals surface area contributed by atoms with Gasteiger partial charge >= 0.3 is 6.09 Å².